The minimum Gasteiger partial charge on any atom is -0.347 e. The van der Waals surface area contributed by atoms with Crippen molar-refractivity contribution >= 4 is 5.91 Å². The Hall–Kier alpha value is -0.860. The Kier molecular flexibility index (Phi) is 7.86. The number of halogens is 3. The number of rotatable bonds is 8. The van der Waals surface area contributed by atoms with E-state index >= 15 is 0 Å². The highest BCUT2D eigenvalue weighted by molar-refractivity contribution is 5.81. The van der Waals surface area contributed by atoms with E-state index in [1.807, 2.05) is 0 Å². The summed E-state index contributed by atoms with van der Waals surface area (Å²) in [6, 6.07) is 0. The third-order valence-electron chi connectivity index (χ3n) is 1.64. The van der Waals surface area contributed by atoms with Crippen LogP contribution in [-0.4, -0.2) is 51.4 Å². The summed E-state index contributed by atoms with van der Waals surface area (Å²) in [6.45, 7) is 2.79. The van der Waals surface area contributed by atoms with Crippen LogP contribution in [-0.2, 0) is 4.79 Å². The van der Waals surface area contributed by atoms with Crippen molar-refractivity contribution in [2.75, 3.05) is 39.3 Å². The quantitative estimate of drug-likeness (QED) is 0.403. The second-order valence-electron chi connectivity index (χ2n) is 3.04. The molecule has 16 heavy (non-hydrogen) atoms. The molecule has 0 spiro atoms. The lowest BCUT2D eigenvalue weighted by Crippen LogP contribution is -2.41. The van der Waals surface area contributed by atoms with Crippen LogP contribution in [0.5, 0.6) is 0 Å². The largest absolute Gasteiger partial charge is 0.471 e. The van der Waals surface area contributed by atoms with Gasteiger partial charge in [0.05, 0.1) is 0 Å². The van der Waals surface area contributed by atoms with Crippen molar-refractivity contribution in [3.05, 3.63) is 0 Å². The molecular weight excluding hydrogens is 225 g/mol. The molecular formula is C8H17F3N4O. The van der Waals surface area contributed by atoms with Crippen LogP contribution in [0.15, 0.2) is 0 Å². The molecule has 0 bridgehead atoms. The zero-order valence-corrected chi connectivity index (χ0v) is 8.86. The summed E-state index contributed by atoms with van der Waals surface area (Å²) in [7, 11) is 0. The molecule has 0 aliphatic heterocycles. The van der Waals surface area contributed by atoms with Gasteiger partial charge in [-0.2, -0.15) is 13.2 Å². The van der Waals surface area contributed by atoms with Crippen molar-refractivity contribution in [1.29, 1.82) is 0 Å². The summed E-state index contributed by atoms with van der Waals surface area (Å²) < 4.78 is 35.1. The van der Waals surface area contributed by atoms with E-state index in [9.17, 15) is 18.0 Å². The topological polar surface area (TPSA) is 79.2 Å². The lowest BCUT2D eigenvalue weighted by atomic mass is 10.5. The van der Waals surface area contributed by atoms with E-state index in [0.29, 0.717) is 32.7 Å². The fourth-order valence-electron chi connectivity index (χ4n) is 0.893. The van der Waals surface area contributed by atoms with E-state index in [-0.39, 0.29) is 6.54 Å². The van der Waals surface area contributed by atoms with Gasteiger partial charge in [-0.15, -0.1) is 0 Å². The first-order valence-electron chi connectivity index (χ1n) is 4.95. The molecule has 5 N–H and O–H groups in total. The van der Waals surface area contributed by atoms with E-state index in [1.54, 1.807) is 5.32 Å². The number of nitrogens with two attached hydrogens (primary N) is 1. The van der Waals surface area contributed by atoms with Crippen LogP contribution < -0.4 is 21.7 Å². The van der Waals surface area contributed by atoms with Crippen LogP contribution in [0.25, 0.3) is 0 Å². The van der Waals surface area contributed by atoms with Gasteiger partial charge in [0.1, 0.15) is 0 Å². The predicted molar refractivity (Wildman–Crippen MR) is 53.9 cm³/mol. The monoisotopic (exact) mass is 242 g/mol. The molecule has 0 unspecified atom stereocenters. The number of amides is 1. The van der Waals surface area contributed by atoms with Gasteiger partial charge in [-0.3, -0.25) is 4.79 Å². The number of alkyl halides is 3. The summed E-state index contributed by atoms with van der Waals surface area (Å²) in [4.78, 5) is 10.3. The third-order valence-corrected chi connectivity index (χ3v) is 1.64. The normalized spacial score (nSPS) is 11.5. The number of nitrogens with one attached hydrogen (secondary N) is 3. The lowest BCUT2D eigenvalue weighted by molar-refractivity contribution is -0.173. The minimum atomic E-state index is -4.80. The Morgan fingerprint density at radius 3 is 2.00 bits per heavy atom. The summed E-state index contributed by atoms with van der Waals surface area (Å²) in [5.41, 5.74) is 5.23. The molecule has 8 heteroatoms. The molecule has 0 saturated heterocycles. The number of hydrogen-bond acceptors (Lipinski definition) is 4. The van der Waals surface area contributed by atoms with E-state index in [4.69, 9.17) is 5.73 Å². The van der Waals surface area contributed by atoms with E-state index in [2.05, 4.69) is 10.6 Å². The van der Waals surface area contributed by atoms with Crippen LogP contribution in [0, 0.1) is 0 Å². The molecule has 0 saturated carbocycles. The van der Waals surface area contributed by atoms with Crippen molar-refractivity contribution < 1.29 is 18.0 Å². The standard InChI is InChI=1S/C8H17F3N4O/c9-8(10,11)7(16)15-6-5-14-4-3-13-2-1-12/h13-14H,1-6,12H2,(H,15,16). The second kappa shape index (κ2) is 8.31. The highest BCUT2D eigenvalue weighted by atomic mass is 19.4. The molecule has 0 aromatic rings. The van der Waals surface area contributed by atoms with Gasteiger partial charge in [-0.25, -0.2) is 0 Å². The fourth-order valence-corrected chi connectivity index (χ4v) is 0.893. The molecule has 0 aromatic carbocycles. The molecule has 0 aliphatic rings. The highest BCUT2D eigenvalue weighted by Gasteiger charge is 2.38. The zero-order chi connectivity index (χ0) is 12.4. The Balaban J connectivity index is 3.25. The van der Waals surface area contributed by atoms with E-state index < -0.39 is 12.1 Å². The van der Waals surface area contributed by atoms with Gasteiger partial charge in [0.25, 0.3) is 0 Å². The molecule has 0 aliphatic carbocycles. The molecule has 0 aromatic heterocycles. The molecule has 0 rings (SSSR count). The molecule has 0 atom stereocenters. The van der Waals surface area contributed by atoms with Gasteiger partial charge in [0, 0.05) is 39.3 Å². The van der Waals surface area contributed by atoms with Gasteiger partial charge in [-0.1, -0.05) is 0 Å². The van der Waals surface area contributed by atoms with Crippen molar-refractivity contribution in [2.45, 2.75) is 6.18 Å². The van der Waals surface area contributed by atoms with Crippen molar-refractivity contribution in [3.63, 3.8) is 0 Å². The summed E-state index contributed by atoms with van der Waals surface area (Å²) in [6.07, 6.45) is -4.80. The minimum absolute atomic E-state index is 0.0464. The predicted octanol–water partition coefficient (Wildman–Crippen LogP) is -1.20. The third kappa shape index (κ3) is 8.45. The molecule has 0 radical (unpaired) electrons. The van der Waals surface area contributed by atoms with Gasteiger partial charge >= 0.3 is 12.1 Å². The molecule has 1 amide bonds. The number of hydrogen-bond donors (Lipinski definition) is 4. The van der Waals surface area contributed by atoms with Crippen LogP contribution in [0.4, 0.5) is 13.2 Å². The summed E-state index contributed by atoms with van der Waals surface area (Å²) in [5.74, 6) is -1.91. The Labute approximate surface area is 91.9 Å². The average molecular weight is 242 g/mol. The van der Waals surface area contributed by atoms with Crippen molar-refractivity contribution in [3.8, 4) is 0 Å². The Morgan fingerprint density at radius 1 is 1.00 bits per heavy atom. The second-order valence-corrected chi connectivity index (χ2v) is 3.04. The molecule has 0 heterocycles. The zero-order valence-electron chi connectivity index (χ0n) is 8.86. The Bertz CT molecular complexity index is 198. The number of carbonyl (C=O) groups is 1. The van der Waals surface area contributed by atoms with Gasteiger partial charge < -0.3 is 21.7 Å². The smallest absolute Gasteiger partial charge is 0.347 e. The van der Waals surface area contributed by atoms with E-state index in [0.717, 1.165) is 0 Å². The summed E-state index contributed by atoms with van der Waals surface area (Å²) >= 11 is 0. The van der Waals surface area contributed by atoms with Crippen molar-refractivity contribution in [2.24, 2.45) is 5.73 Å². The molecule has 5 nitrogen and oxygen atoms in total. The van der Waals surface area contributed by atoms with Crippen molar-refractivity contribution in [1.82, 2.24) is 16.0 Å². The van der Waals surface area contributed by atoms with Crippen LogP contribution in [0.2, 0.25) is 0 Å². The average Bonchev–Trinajstić information content (AvgIpc) is 2.20. The van der Waals surface area contributed by atoms with Crippen LogP contribution >= 0.6 is 0 Å². The molecule has 96 valence electrons. The maximum Gasteiger partial charge on any atom is 0.471 e. The highest BCUT2D eigenvalue weighted by Crippen LogP contribution is 2.13. The maximum absolute atomic E-state index is 11.7. The number of carbonyl (C=O) groups excluding carboxylic acids is 1. The first-order chi connectivity index (χ1) is 7.48. The Morgan fingerprint density at radius 2 is 1.50 bits per heavy atom. The first kappa shape index (κ1) is 15.1. The van der Waals surface area contributed by atoms with E-state index in [1.165, 1.54) is 0 Å². The molecule has 0 fully saturated rings. The van der Waals surface area contributed by atoms with Gasteiger partial charge in [0.15, 0.2) is 0 Å². The SMILES string of the molecule is NCCNCCNCCNC(=O)C(F)(F)F. The van der Waals surface area contributed by atoms with Gasteiger partial charge in [-0.05, 0) is 0 Å². The van der Waals surface area contributed by atoms with Crippen LogP contribution in [0.1, 0.15) is 0 Å². The first-order valence-corrected chi connectivity index (χ1v) is 4.95. The summed E-state index contributed by atoms with van der Waals surface area (Å²) in [5, 5.41) is 7.63. The fraction of sp³-hybridized carbons (Fsp3) is 0.875. The lowest BCUT2D eigenvalue weighted by Gasteiger charge is -2.08. The van der Waals surface area contributed by atoms with Gasteiger partial charge in [0.2, 0.25) is 0 Å². The maximum atomic E-state index is 11.7. The van der Waals surface area contributed by atoms with Crippen LogP contribution in [0.3, 0.4) is 0 Å².